The summed E-state index contributed by atoms with van der Waals surface area (Å²) in [6.07, 6.45) is 12.4. The van der Waals surface area contributed by atoms with Crippen LogP contribution in [0.15, 0.2) is 28.9 Å². The van der Waals surface area contributed by atoms with Crippen LogP contribution in [0.4, 0.5) is 0 Å². The van der Waals surface area contributed by atoms with E-state index in [1.165, 1.54) is 18.9 Å². The predicted octanol–water partition coefficient (Wildman–Crippen LogP) is 2.16. The van der Waals surface area contributed by atoms with E-state index in [0.717, 1.165) is 6.54 Å². The Morgan fingerprint density at radius 2 is 2.47 bits per heavy atom. The van der Waals surface area contributed by atoms with Gasteiger partial charge >= 0.3 is 0 Å². The number of nitrogens with zero attached hydrogens (tertiary/aromatic N) is 1. The van der Waals surface area contributed by atoms with Crippen molar-refractivity contribution < 1.29 is 9.21 Å². The molecule has 17 heavy (non-hydrogen) atoms. The first-order valence-electron chi connectivity index (χ1n) is 5.73. The normalized spacial score (nSPS) is 14.8. The minimum absolute atomic E-state index is 0.0498. The largest absolute Gasteiger partial charge is 0.465 e. The van der Waals surface area contributed by atoms with E-state index in [2.05, 4.69) is 5.92 Å². The monoisotopic (exact) mass is 229 g/mol. The van der Waals surface area contributed by atoms with Gasteiger partial charge in [-0.15, -0.1) is 6.42 Å². The van der Waals surface area contributed by atoms with Gasteiger partial charge in [0.05, 0.1) is 12.8 Å². The second-order valence-electron chi connectivity index (χ2n) is 4.22. The summed E-state index contributed by atoms with van der Waals surface area (Å²) in [7, 11) is 0. The van der Waals surface area contributed by atoms with Crippen molar-refractivity contribution in [2.45, 2.75) is 12.8 Å². The van der Waals surface area contributed by atoms with Crippen molar-refractivity contribution in [1.82, 2.24) is 4.90 Å². The highest BCUT2D eigenvalue weighted by molar-refractivity contribution is 5.91. The van der Waals surface area contributed by atoms with Crippen LogP contribution in [-0.4, -0.2) is 23.9 Å². The number of carbonyl (C=O) groups is 1. The van der Waals surface area contributed by atoms with E-state index in [9.17, 15) is 4.79 Å². The fraction of sp³-hybridized carbons (Fsp3) is 0.357. The predicted molar refractivity (Wildman–Crippen MR) is 65.9 cm³/mol. The molecule has 0 radical (unpaired) electrons. The lowest BCUT2D eigenvalue weighted by atomic mass is 10.3. The minimum Gasteiger partial charge on any atom is -0.465 e. The summed E-state index contributed by atoms with van der Waals surface area (Å²) in [5.74, 6) is 3.79. The van der Waals surface area contributed by atoms with Crippen molar-refractivity contribution in [3.8, 4) is 12.3 Å². The van der Waals surface area contributed by atoms with Gasteiger partial charge in [0.2, 0.25) is 5.91 Å². The summed E-state index contributed by atoms with van der Waals surface area (Å²) in [4.78, 5) is 13.6. The van der Waals surface area contributed by atoms with Gasteiger partial charge in [0.25, 0.3) is 0 Å². The Kier molecular flexibility index (Phi) is 3.66. The second-order valence-corrected chi connectivity index (χ2v) is 4.22. The smallest absolute Gasteiger partial charge is 0.247 e. The Bertz CT molecular complexity index is 435. The van der Waals surface area contributed by atoms with Gasteiger partial charge in [-0.2, -0.15) is 0 Å². The van der Waals surface area contributed by atoms with E-state index in [-0.39, 0.29) is 5.91 Å². The molecular weight excluding hydrogens is 214 g/mol. The molecule has 1 amide bonds. The van der Waals surface area contributed by atoms with Gasteiger partial charge in [0, 0.05) is 12.6 Å². The van der Waals surface area contributed by atoms with Crippen molar-refractivity contribution in [2.24, 2.45) is 5.92 Å². The van der Waals surface area contributed by atoms with Crippen LogP contribution in [-0.2, 0) is 4.79 Å². The Morgan fingerprint density at radius 1 is 1.65 bits per heavy atom. The van der Waals surface area contributed by atoms with Crippen LogP contribution in [0.25, 0.3) is 6.08 Å². The average molecular weight is 229 g/mol. The van der Waals surface area contributed by atoms with Crippen molar-refractivity contribution >= 4 is 12.0 Å². The van der Waals surface area contributed by atoms with Gasteiger partial charge < -0.3 is 9.32 Å². The molecular formula is C14H15NO2. The summed E-state index contributed by atoms with van der Waals surface area (Å²) in [5, 5.41) is 0. The van der Waals surface area contributed by atoms with Crippen molar-refractivity contribution in [2.75, 3.05) is 13.1 Å². The van der Waals surface area contributed by atoms with E-state index in [0.29, 0.717) is 18.2 Å². The maximum atomic E-state index is 11.9. The van der Waals surface area contributed by atoms with Crippen LogP contribution < -0.4 is 0 Å². The SMILES string of the molecule is C#CCN(CC1CC1)C(=O)/C=C/c1ccco1. The maximum absolute atomic E-state index is 11.9. The van der Waals surface area contributed by atoms with Crippen LogP contribution in [0.3, 0.4) is 0 Å². The van der Waals surface area contributed by atoms with E-state index < -0.39 is 0 Å². The molecule has 3 heteroatoms. The zero-order chi connectivity index (χ0) is 12.1. The third-order valence-electron chi connectivity index (χ3n) is 2.70. The highest BCUT2D eigenvalue weighted by Gasteiger charge is 2.25. The molecule has 0 unspecified atom stereocenters. The average Bonchev–Trinajstić information content (AvgIpc) is 2.99. The molecule has 0 saturated heterocycles. The van der Waals surface area contributed by atoms with Crippen LogP contribution in [0.1, 0.15) is 18.6 Å². The highest BCUT2D eigenvalue weighted by atomic mass is 16.3. The van der Waals surface area contributed by atoms with E-state index >= 15 is 0 Å². The Labute approximate surface area is 101 Å². The molecule has 1 aromatic rings. The lowest BCUT2D eigenvalue weighted by Gasteiger charge is -2.17. The van der Waals surface area contributed by atoms with Crippen molar-refractivity contribution in [3.05, 3.63) is 30.2 Å². The quantitative estimate of drug-likeness (QED) is 0.572. The minimum atomic E-state index is -0.0498. The molecule has 2 rings (SSSR count). The zero-order valence-electron chi connectivity index (χ0n) is 9.63. The standard InChI is InChI=1S/C14H15NO2/c1-2-9-15(11-12-5-6-12)14(16)8-7-13-4-3-10-17-13/h1,3-4,7-8,10,12H,5-6,9,11H2/b8-7+. The summed E-state index contributed by atoms with van der Waals surface area (Å²) in [5.41, 5.74) is 0. The van der Waals surface area contributed by atoms with Crippen LogP contribution in [0, 0.1) is 18.3 Å². The molecule has 1 heterocycles. The summed E-state index contributed by atoms with van der Waals surface area (Å²) in [6.45, 7) is 1.14. The maximum Gasteiger partial charge on any atom is 0.247 e. The third-order valence-corrected chi connectivity index (χ3v) is 2.70. The Morgan fingerprint density at radius 3 is 3.06 bits per heavy atom. The van der Waals surface area contributed by atoms with Crippen LogP contribution in [0.5, 0.6) is 0 Å². The van der Waals surface area contributed by atoms with E-state index in [4.69, 9.17) is 10.8 Å². The van der Waals surface area contributed by atoms with Crippen LogP contribution in [0.2, 0.25) is 0 Å². The topological polar surface area (TPSA) is 33.5 Å². The van der Waals surface area contributed by atoms with Crippen molar-refractivity contribution in [1.29, 1.82) is 0 Å². The summed E-state index contributed by atoms with van der Waals surface area (Å²) in [6, 6.07) is 3.59. The van der Waals surface area contributed by atoms with E-state index in [1.807, 2.05) is 0 Å². The molecule has 1 aromatic heterocycles. The van der Waals surface area contributed by atoms with Gasteiger partial charge in [0.1, 0.15) is 5.76 Å². The van der Waals surface area contributed by atoms with E-state index in [1.54, 1.807) is 29.4 Å². The first kappa shape index (κ1) is 11.5. The second kappa shape index (κ2) is 5.40. The molecule has 1 saturated carbocycles. The van der Waals surface area contributed by atoms with Gasteiger partial charge in [-0.1, -0.05) is 5.92 Å². The van der Waals surface area contributed by atoms with Gasteiger partial charge in [0.15, 0.2) is 0 Å². The first-order valence-corrected chi connectivity index (χ1v) is 5.73. The number of hydrogen-bond donors (Lipinski definition) is 0. The number of hydrogen-bond acceptors (Lipinski definition) is 2. The van der Waals surface area contributed by atoms with Gasteiger partial charge in [-0.3, -0.25) is 4.79 Å². The highest BCUT2D eigenvalue weighted by Crippen LogP contribution is 2.29. The molecule has 0 N–H and O–H groups in total. The van der Waals surface area contributed by atoms with Gasteiger partial charge in [-0.05, 0) is 37.0 Å². The molecule has 1 aliphatic carbocycles. The summed E-state index contributed by atoms with van der Waals surface area (Å²) >= 11 is 0. The lowest BCUT2D eigenvalue weighted by molar-refractivity contribution is -0.125. The fourth-order valence-electron chi connectivity index (χ4n) is 1.60. The molecule has 0 aliphatic heterocycles. The fourth-order valence-corrected chi connectivity index (χ4v) is 1.60. The number of carbonyl (C=O) groups excluding carboxylic acids is 1. The number of amides is 1. The van der Waals surface area contributed by atoms with Gasteiger partial charge in [-0.25, -0.2) is 0 Å². The van der Waals surface area contributed by atoms with Crippen LogP contribution >= 0.6 is 0 Å². The summed E-state index contributed by atoms with van der Waals surface area (Å²) < 4.78 is 5.12. The third kappa shape index (κ3) is 3.53. The molecule has 0 aromatic carbocycles. The molecule has 1 aliphatic rings. The molecule has 0 atom stereocenters. The zero-order valence-corrected chi connectivity index (χ0v) is 9.63. The molecule has 0 spiro atoms. The Hall–Kier alpha value is -1.95. The lowest BCUT2D eigenvalue weighted by Crippen LogP contribution is -2.31. The molecule has 1 fully saturated rings. The van der Waals surface area contributed by atoms with Crippen molar-refractivity contribution in [3.63, 3.8) is 0 Å². The molecule has 0 bridgehead atoms. The Balaban J connectivity index is 1.93. The molecule has 3 nitrogen and oxygen atoms in total. The molecule has 88 valence electrons. The number of rotatable bonds is 5. The number of terminal acetylenes is 1. The first-order chi connectivity index (χ1) is 8.29. The number of furan rings is 1.